The molecule has 0 atom stereocenters. The molecule has 0 amide bonds. The van der Waals surface area contributed by atoms with Crippen LogP contribution in [-0.4, -0.2) is 23.7 Å². The molecule has 1 aliphatic heterocycles. The van der Waals surface area contributed by atoms with E-state index in [1.165, 1.54) is 4.57 Å². The van der Waals surface area contributed by atoms with E-state index in [2.05, 4.69) is 5.32 Å². The number of carbonyl (C=O) groups is 1. The topological polar surface area (TPSA) is 90.9 Å². The maximum absolute atomic E-state index is 14.4. The van der Waals surface area contributed by atoms with Crippen molar-refractivity contribution in [1.29, 1.82) is 10.7 Å². The van der Waals surface area contributed by atoms with Crippen LogP contribution in [0.15, 0.2) is 0 Å². The summed E-state index contributed by atoms with van der Waals surface area (Å²) in [5.41, 5.74) is -0.499. The van der Waals surface area contributed by atoms with Gasteiger partial charge < -0.3 is 14.6 Å². The summed E-state index contributed by atoms with van der Waals surface area (Å²) in [5.74, 6) is -1.40. The summed E-state index contributed by atoms with van der Waals surface area (Å²) in [4.78, 5) is 12.4. The number of nitrogens with zero attached hydrogens (tertiary/aromatic N) is 2. The number of rotatable bonds is 2. The van der Waals surface area contributed by atoms with Crippen molar-refractivity contribution in [2.75, 3.05) is 18.5 Å². The van der Waals surface area contributed by atoms with Crippen LogP contribution in [-0.2, 0) is 11.3 Å². The van der Waals surface area contributed by atoms with Crippen molar-refractivity contribution < 1.29 is 13.9 Å². The second-order valence-electron chi connectivity index (χ2n) is 5.05. The second-order valence-corrected chi connectivity index (χ2v) is 5.81. The van der Waals surface area contributed by atoms with E-state index in [4.69, 9.17) is 38.6 Å². The molecule has 1 aliphatic rings. The van der Waals surface area contributed by atoms with Gasteiger partial charge in [0.15, 0.2) is 5.82 Å². The van der Waals surface area contributed by atoms with E-state index >= 15 is 0 Å². The molecule has 0 spiro atoms. The SMILES string of the molecule is CCOC(=O)c1c2n(c(=N)c3c(Cl)c(C#N)c(F)c(Cl)c13)CCN2. The van der Waals surface area contributed by atoms with Crippen LogP contribution in [0.25, 0.3) is 10.8 Å². The molecule has 0 bridgehead atoms. The number of halogens is 3. The van der Waals surface area contributed by atoms with Crippen LogP contribution in [0.1, 0.15) is 22.8 Å². The summed E-state index contributed by atoms with van der Waals surface area (Å²) < 4.78 is 21.0. The van der Waals surface area contributed by atoms with Gasteiger partial charge in [-0.1, -0.05) is 23.2 Å². The predicted octanol–water partition coefficient (Wildman–Crippen LogP) is 3.04. The average molecular weight is 369 g/mol. The number of anilines is 1. The van der Waals surface area contributed by atoms with Crippen molar-refractivity contribution >= 4 is 45.8 Å². The Hall–Kier alpha value is -2.30. The van der Waals surface area contributed by atoms with Gasteiger partial charge in [0, 0.05) is 23.9 Å². The Balaban J connectivity index is 2.60. The Morgan fingerprint density at radius 2 is 2.17 bits per heavy atom. The molecular formula is C15H11Cl2FN4O2. The molecule has 9 heteroatoms. The number of nitriles is 1. The van der Waals surface area contributed by atoms with Crippen LogP contribution in [0.2, 0.25) is 10.0 Å². The summed E-state index contributed by atoms with van der Waals surface area (Å²) in [6, 6.07) is 1.65. The van der Waals surface area contributed by atoms with Gasteiger partial charge in [-0.05, 0) is 6.92 Å². The first-order chi connectivity index (χ1) is 11.4. The monoisotopic (exact) mass is 368 g/mol. The molecule has 2 N–H and O–H groups in total. The second kappa shape index (κ2) is 5.96. The van der Waals surface area contributed by atoms with Gasteiger partial charge in [0.05, 0.1) is 16.7 Å². The van der Waals surface area contributed by atoms with Gasteiger partial charge in [-0.15, -0.1) is 0 Å². The van der Waals surface area contributed by atoms with Crippen molar-refractivity contribution in [2.45, 2.75) is 13.5 Å². The van der Waals surface area contributed by atoms with E-state index in [1.807, 2.05) is 0 Å². The first kappa shape index (κ1) is 16.6. The Morgan fingerprint density at radius 3 is 2.79 bits per heavy atom. The zero-order valence-corrected chi connectivity index (χ0v) is 14.0. The first-order valence-electron chi connectivity index (χ1n) is 7.06. The molecule has 24 heavy (non-hydrogen) atoms. The smallest absolute Gasteiger partial charge is 0.342 e. The Kier molecular flexibility index (Phi) is 4.11. The molecular weight excluding hydrogens is 358 g/mol. The third-order valence-corrected chi connectivity index (χ3v) is 4.54. The van der Waals surface area contributed by atoms with Gasteiger partial charge in [0.25, 0.3) is 0 Å². The highest BCUT2D eigenvalue weighted by Crippen LogP contribution is 2.39. The Bertz CT molecular complexity index is 994. The number of fused-ring (bicyclic) bond motifs is 2. The van der Waals surface area contributed by atoms with E-state index in [0.717, 1.165) is 0 Å². The van der Waals surface area contributed by atoms with Crippen LogP contribution in [0.5, 0.6) is 0 Å². The molecule has 2 heterocycles. The number of nitrogens with one attached hydrogen (secondary N) is 2. The number of hydrogen-bond donors (Lipinski definition) is 2. The molecule has 3 rings (SSSR count). The highest BCUT2D eigenvalue weighted by Gasteiger charge is 2.30. The van der Waals surface area contributed by atoms with Crippen molar-refractivity contribution in [3.63, 3.8) is 0 Å². The molecule has 0 fully saturated rings. The number of benzene rings is 1. The highest BCUT2D eigenvalue weighted by atomic mass is 35.5. The van der Waals surface area contributed by atoms with E-state index in [9.17, 15) is 9.18 Å². The summed E-state index contributed by atoms with van der Waals surface area (Å²) in [6.45, 7) is 2.66. The molecule has 0 saturated heterocycles. The van der Waals surface area contributed by atoms with Gasteiger partial charge in [-0.25, -0.2) is 9.18 Å². The lowest BCUT2D eigenvalue weighted by molar-refractivity contribution is 0.0529. The minimum atomic E-state index is -1.02. The van der Waals surface area contributed by atoms with Crippen LogP contribution in [0.4, 0.5) is 10.2 Å². The third kappa shape index (κ3) is 2.14. The fraction of sp³-hybridized carbons (Fsp3) is 0.267. The lowest BCUT2D eigenvalue weighted by Gasteiger charge is -2.16. The number of ether oxygens (including phenoxy) is 1. The average Bonchev–Trinajstić information content (AvgIpc) is 3.03. The number of carbonyl (C=O) groups excluding carboxylic acids is 1. The molecule has 0 unspecified atom stereocenters. The van der Waals surface area contributed by atoms with Gasteiger partial charge in [0.1, 0.15) is 28.5 Å². The number of pyridine rings is 1. The summed E-state index contributed by atoms with van der Waals surface area (Å²) >= 11 is 12.2. The Labute approximate surface area is 145 Å². The summed E-state index contributed by atoms with van der Waals surface area (Å²) in [7, 11) is 0. The normalized spacial score (nSPS) is 12.6. The van der Waals surface area contributed by atoms with Crippen molar-refractivity contribution in [3.8, 4) is 6.07 Å². The molecule has 6 nitrogen and oxygen atoms in total. The Morgan fingerprint density at radius 1 is 1.46 bits per heavy atom. The maximum Gasteiger partial charge on any atom is 0.342 e. The standard InChI is InChI=1S/C15H11Cl2FN4O2/c1-2-24-15(23)9-7-8(13(20)22-4-3-21-14(9)22)10(16)6(5-19)12(18)11(7)17/h20-21H,2-4H2,1H3. The highest BCUT2D eigenvalue weighted by molar-refractivity contribution is 6.42. The lowest BCUT2D eigenvalue weighted by Crippen LogP contribution is -2.23. The summed E-state index contributed by atoms with van der Waals surface area (Å²) in [6.07, 6.45) is 0. The van der Waals surface area contributed by atoms with Crippen LogP contribution in [0.3, 0.4) is 0 Å². The fourth-order valence-corrected chi connectivity index (χ4v) is 3.40. The molecule has 0 radical (unpaired) electrons. The van der Waals surface area contributed by atoms with Gasteiger partial charge in [-0.2, -0.15) is 5.26 Å². The zero-order chi connectivity index (χ0) is 17.6. The molecule has 1 aromatic carbocycles. The van der Waals surface area contributed by atoms with Gasteiger partial charge in [-0.3, -0.25) is 5.41 Å². The van der Waals surface area contributed by atoms with Crippen molar-refractivity contribution in [3.05, 3.63) is 32.5 Å². The van der Waals surface area contributed by atoms with Crippen LogP contribution < -0.4 is 10.8 Å². The van der Waals surface area contributed by atoms with Crippen LogP contribution >= 0.6 is 23.2 Å². The first-order valence-corrected chi connectivity index (χ1v) is 7.82. The van der Waals surface area contributed by atoms with E-state index in [1.54, 1.807) is 13.0 Å². The summed E-state index contributed by atoms with van der Waals surface area (Å²) in [5, 5.41) is 19.8. The number of esters is 1. The largest absolute Gasteiger partial charge is 0.462 e. The molecule has 1 aromatic heterocycles. The third-order valence-electron chi connectivity index (χ3n) is 3.80. The van der Waals surface area contributed by atoms with Crippen LogP contribution in [0, 0.1) is 22.6 Å². The van der Waals surface area contributed by atoms with Crippen molar-refractivity contribution in [1.82, 2.24) is 4.57 Å². The molecule has 0 aliphatic carbocycles. The molecule has 124 valence electrons. The number of aromatic nitrogens is 1. The lowest BCUT2D eigenvalue weighted by atomic mass is 10.0. The van der Waals surface area contributed by atoms with E-state index in [-0.39, 0.29) is 33.5 Å². The quantitative estimate of drug-likeness (QED) is 0.629. The zero-order valence-electron chi connectivity index (χ0n) is 12.5. The molecule has 0 saturated carbocycles. The molecule has 2 aromatic rings. The predicted molar refractivity (Wildman–Crippen MR) is 86.9 cm³/mol. The minimum absolute atomic E-state index is 0.00985. The number of hydrogen-bond acceptors (Lipinski definition) is 5. The van der Waals surface area contributed by atoms with E-state index < -0.39 is 22.4 Å². The maximum atomic E-state index is 14.4. The van der Waals surface area contributed by atoms with Crippen molar-refractivity contribution in [2.24, 2.45) is 0 Å². The van der Waals surface area contributed by atoms with E-state index in [0.29, 0.717) is 18.9 Å². The fourth-order valence-electron chi connectivity index (χ4n) is 2.81. The van der Waals surface area contributed by atoms with Gasteiger partial charge >= 0.3 is 5.97 Å². The minimum Gasteiger partial charge on any atom is -0.462 e. The van der Waals surface area contributed by atoms with Gasteiger partial charge in [0.2, 0.25) is 0 Å².